The minimum Gasteiger partial charge on any atom is -0.216 e. The van der Waals surface area contributed by atoms with E-state index in [1.54, 1.807) is 6.92 Å². The molecule has 0 bridgehead atoms. The molecule has 1 rings (SSSR count). The van der Waals surface area contributed by atoms with Gasteiger partial charge in [-0.15, -0.1) is 0 Å². The molecule has 78 valence electrons. The van der Waals surface area contributed by atoms with Crippen molar-refractivity contribution < 1.29 is 8.42 Å². The van der Waals surface area contributed by atoms with Crippen molar-refractivity contribution in [2.75, 3.05) is 0 Å². The second-order valence-corrected chi connectivity index (χ2v) is 5.18. The third-order valence-electron chi connectivity index (χ3n) is 1.69. The average molecular weight is 279 g/mol. The van der Waals surface area contributed by atoms with Gasteiger partial charge in [-0.1, -0.05) is 28.1 Å². The number of halogens is 1. The molecular formula is C8H11BrN2O2S. The summed E-state index contributed by atoms with van der Waals surface area (Å²) < 4.78 is 24.7. The standard InChI is InChI=1S/C8H11BrN2O2S/c1-6(11-14(10,12)13)7-3-2-4-8(9)5-7/h2-6,11H,1H3,(H2,10,12,13). The molecule has 0 fully saturated rings. The van der Waals surface area contributed by atoms with Crippen LogP contribution < -0.4 is 9.86 Å². The molecular weight excluding hydrogens is 268 g/mol. The summed E-state index contributed by atoms with van der Waals surface area (Å²) in [6.45, 7) is 1.73. The second kappa shape index (κ2) is 4.39. The molecule has 0 aliphatic rings. The van der Waals surface area contributed by atoms with E-state index in [1.165, 1.54) is 0 Å². The van der Waals surface area contributed by atoms with Gasteiger partial charge in [0.1, 0.15) is 0 Å². The Bertz CT molecular complexity index is 419. The van der Waals surface area contributed by atoms with Crippen LogP contribution in [-0.2, 0) is 10.2 Å². The Morgan fingerprint density at radius 3 is 2.64 bits per heavy atom. The Morgan fingerprint density at radius 2 is 2.14 bits per heavy atom. The molecule has 1 aromatic carbocycles. The van der Waals surface area contributed by atoms with Gasteiger partial charge in [0.2, 0.25) is 0 Å². The van der Waals surface area contributed by atoms with Crippen LogP contribution in [0.4, 0.5) is 0 Å². The Morgan fingerprint density at radius 1 is 1.50 bits per heavy atom. The average Bonchev–Trinajstić information content (AvgIpc) is 2.01. The van der Waals surface area contributed by atoms with E-state index in [0.717, 1.165) is 10.0 Å². The first-order valence-corrected chi connectivity index (χ1v) is 6.28. The molecule has 0 aliphatic heterocycles. The van der Waals surface area contributed by atoms with Crippen LogP contribution in [0.3, 0.4) is 0 Å². The number of benzene rings is 1. The molecule has 1 atom stereocenters. The molecule has 0 spiro atoms. The highest BCUT2D eigenvalue weighted by molar-refractivity contribution is 9.10. The summed E-state index contributed by atoms with van der Waals surface area (Å²) in [5, 5.41) is 4.86. The Kier molecular flexibility index (Phi) is 3.65. The number of nitrogens with one attached hydrogen (secondary N) is 1. The van der Waals surface area contributed by atoms with Gasteiger partial charge in [-0.2, -0.15) is 13.1 Å². The minimum absolute atomic E-state index is 0.331. The Labute approximate surface area is 91.8 Å². The topological polar surface area (TPSA) is 72.2 Å². The van der Waals surface area contributed by atoms with E-state index in [-0.39, 0.29) is 6.04 Å². The van der Waals surface area contributed by atoms with Crippen LogP contribution in [0.5, 0.6) is 0 Å². The maximum Gasteiger partial charge on any atom is 0.274 e. The fourth-order valence-corrected chi connectivity index (χ4v) is 2.14. The fraction of sp³-hybridized carbons (Fsp3) is 0.250. The summed E-state index contributed by atoms with van der Waals surface area (Å²) in [7, 11) is -3.65. The summed E-state index contributed by atoms with van der Waals surface area (Å²) in [6.07, 6.45) is 0. The van der Waals surface area contributed by atoms with Crippen molar-refractivity contribution in [3.8, 4) is 0 Å². The van der Waals surface area contributed by atoms with Crippen molar-refractivity contribution in [2.45, 2.75) is 13.0 Å². The molecule has 0 aromatic heterocycles. The SMILES string of the molecule is CC(NS(N)(=O)=O)c1cccc(Br)c1. The fourth-order valence-electron chi connectivity index (χ4n) is 1.09. The lowest BCUT2D eigenvalue weighted by Gasteiger charge is -2.12. The predicted molar refractivity (Wildman–Crippen MR) is 58.8 cm³/mol. The van der Waals surface area contributed by atoms with E-state index in [9.17, 15) is 8.42 Å². The van der Waals surface area contributed by atoms with Crippen LogP contribution in [0.1, 0.15) is 18.5 Å². The summed E-state index contributed by atoms with van der Waals surface area (Å²) >= 11 is 3.30. The molecule has 1 unspecified atom stereocenters. The molecule has 0 aliphatic carbocycles. The lowest BCUT2D eigenvalue weighted by Crippen LogP contribution is -2.32. The lowest BCUT2D eigenvalue weighted by atomic mass is 10.1. The highest BCUT2D eigenvalue weighted by atomic mass is 79.9. The van der Waals surface area contributed by atoms with Gasteiger partial charge < -0.3 is 0 Å². The Hall–Kier alpha value is -0.430. The van der Waals surface area contributed by atoms with Gasteiger partial charge in [-0.25, -0.2) is 5.14 Å². The van der Waals surface area contributed by atoms with Crippen LogP contribution in [-0.4, -0.2) is 8.42 Å². The quantitative estimate of drug-likeness (QED) is 0.875. The number of hydrogen-bond donors (Lipinski definition) is 2. The second-order valence-electron chi connectivity index (χ2n) is 2.94. The predicted octanol–water partition coefficient (Wildman–Crippen LogP) is 1.30. The van der Waals surface area contributed by atoms with Crippen molar-refractivity contribution in [3.63, 3.8) is 0 Å². The zero-order valence-corrected chi connectivity index (χ0v) is 9.97. The van der Waals surface area contributed by atoms with Crippen molar-refractivity contribution >= 4 is 26.1 Å². The molecule has 0 amide bonds. The van der Waals surface area contributed by atoms with E-state index >= 15 is 0 Å². The number of rotatable bonds is 3. The maximum absolute atomic E-state index is 10.8. The highest BCUT2D eigenvalue weighted by Crippen LogP contribution is 2.17. The van der Waals surface area contributed by atoms with E-state index in [2.05, 4.69) is 20.7 Å². The van der Waals surface area contributed by atoms with Gasteiger partial charge in [-0.3, -0.25) is 0 Å². The van der Waals surface area contributed by atoms with Gasteiger partial charge in [0, 0.05) is 10.5 Å². The van der Waals surface area contributed by atoms with Crippen LogP contribution in [0, 0.1) is 0 Å². The molecule has 14 heavy (non-hydrogen) atoms. The van der Waals surface area contributed by atoms with Crippen LogP contribution in [0.2, 0.25) is 0 Å². The first kappa shape index (κ1) is 11.6. The van der Waals surface area contributed by atoms with Crippen LogP contribution >= 0.6 is 15.9 Å². The van der Waals surface area contributed by atoms with Gasteiger partial charge in [0.25, 0.3) is 10.2 Å². The molecule has 1 aromatic rings. The summed E-state index contributed by atoms with van der Waals surface area (Å²) in [5.74, 6) is 0. The van der Waals surface area contributed by atoms with Crippen molar-refractivity contribution in [3.05, 3.63) is 34.3 Å². The van der Waals surface area contributed by atoms with Gasteiger partial charge in [0.15, 0.2) is 0 Å². The van der Waals surface area contributed by atoms with Crippen molar-refractivity contribution in [1.29, 1.82) is 0 Å². The summed E-state index contributed by atoms with van der Waals surface area (Å²) in [4.78, 5) is 0. The van der Waals surface area contributed by atoms with E-state index in [0.29, 0.717) is 0 Å². The number of nitrogens with two attached hydrogens (primary N) is 1. The van der Waals surface area contributed by atoms with Gasteiger partial charge in [-0.05, 0) is 24.6 Å². The normalized spacial score (nSPS) is 13.9. The van der Waals surface area contributed by atoms with Crippen molar-refractivity contribution in [1.82, 2.24) is 4.72 Å². The van der Waals surface area contributed by atoms with E-state index < -0.39 is 10.2 Å². The first-order chi connectivity index (χ1) is 6.38. The maximum atomic E-state index is 10.8. The smallest absolute Gasteiger partial charge is 0.216 e. The molecule has 0 saturated heterocycles. The van der Waals surface area contributed by atoms with E-state index in [1.807, 2.05) is 24.3 Å². The van der Waals surface area contributed by atoms with Gasteiger partial charge in [0.05, 0.1) is 0 Å². The van der Waals surface area contributed by atoms with Gasteiger partial charge >= 0.3 is 0 Å². The molecule has 6 heteroatoms. The van der Waals surface area contributed by atoms with Crippen LogP contribution in [0.15, 0.2) is 28.7 Å². The largest absolute Gasteiger partial charge is 0.274 e. The van der Waals surface area contributed by atoms with E-state index in [4.69, 9.17) is 5.14 Å². The minimum atomic E-state index is -3.65. The first-order valence-electron chi connectivity index (χ1n) is 3.94. The van der Waals surface area contributed by atoms with Crippen LogP contribution in [0.25, 0.3) is 0 Å². The molecule has 0 radical (unpaired) electrons. The van der Waals surface area contributed by atoms with Crippen molar-refractivity contribution in [2.24, 2.45) is 5.14 Å². The number of hydrogen-bond acceptors (Lipinski definition) is 2. The Balaban J connectivity index is 2.85. The zero-order chi connectivity index (χ0) is 10.8. The third kappa shape index (κ3) is 3.75. The molecule has 0 saturated carbocycles. The lowest BCUT2D eigenvalue weighted by molar-refractivity contribution is 0.568. The molecule has 4 nitrogen and oxygen atoms in total. The zero-order valence-electron chi connectivity index (χ0n) is 7.57. The summed E-state index contributed by atoms with van der Waals surface area (Å²) in [6, 6.07) is 7.03. The molecule has 0 heterocycles. The molecule has 3 N–H and O–H groups in total. The summed E-state index contributed by atoms with van der Waals surface area (Å²) in [5.41, 5.74) is 0.855. The highest BCUT2D eigenvalue weighted by Gasteiger charge is 2.10. The third-order valence-corrected chi connectivity index (χ3v) is 2.87. The monoisotopic (exact) mass is 278 g/mol.